The summed E-state index contributed by atoms with van der Waals surface area (Å²) in [6.45, 7) is 4.77. The van der Waals surface area contributed by atoms with Gasteiger partial charge in [-0.15, -0.1) is 0 Å². The van der Waals surface area contributed by atoms with Gasteiger partial charge in [-0.05, 0) is 55.4 Å². The zero-order valence-electron chi connectivity index (χ0n) is 11.4. The van der Waals surface area contributed by atoms with E-state index < -0.39 is 0 Å². The Hall–Kier alpha value is -1.88. The number of nitrogens with zero attached hydrogens (tertiary/aromatic N) is 2. The fourth-order valence-corrected chi connectivity index (χ4v) is 2.14. The minimum atomic E-state index is 0.607. The molecule has 0 fully saturated rings. The SMILES string of the molecule is Cc1cc(C)cc(NC(=S)NCc2ccn(C)n2)c1. The number of nitrogens with one attached hydrogen (secondary N) is 2. The normalized spacial score (nSPS) is 10.3. The molecule has 2 N–H and O–H groups in total. The maximum absolute atomic E-state index is 5.27. The first-order valence-corrected chi connectivity index (χ1v) is 6.55. The van der Waals surface area contributed by atoms with Crippen LogP contribution in [0.4, 0.5) is 5.69 Å². The molecule has 0 saturated carbocycles. The summed E-state index contributed by atoms with van der Waals surface area (Å²) in [5.74, 6) is 0. The van der Waals surface area contributed by atoms with Gasteiger partial charge < -0.3 is 10.6 Å². The Balaban J connectivity index is 1.90. The zero-order chi connectivity index (χ0) is 13.8. The number of aryl methyl sites for hydroxylation is 3. The molecule has 0 unspecified atom stereocenters. The summed E-state index contributed by atoms with van der Waals surface area (Å²) >= 11 is 5.27. The molecular formula is C14H18N4S. The van der Waals surface area contributed by atoms with Crippen molar-refractivity contribution >= 4 is 23.0 Å². The second-order valence-corrected chi connectivity index (χ2v) is 5.07. The molecule has 0 saturated heterocycles. The molecule has 0 radical (unpaired) electrons. The van der Waals surface area contributed by atoms with Crippen LogP contribution in [0.25, 0.3) is 0 Å². The Morgan fingerprint density at radius 1 is 1.26 bits per heavy atom. The molecule has 1 heterocycles. The molecule has 2 rings (SSSR count). The van der Waals surface area contributed by atoms with Gasteiger partial charge in [0.05, 0.1) is 12.2 Å². The van der Waals surface area contributed by atoms with Crippen LogP contribution >= 0.6 is 12.2 Å². The lowest BCUT2D eigenvalue weighted by Crippen LogP contribution is -2.28. The van der Waals surface area contributed by atoms with E-state index in [4.69, 9.17) is 12.2 Å². The van der Waals surface area contributed by atoms with Gasteiger partial charge in [0.25, 0.3) is 0 Å². The molecule has 4 nitrogen and oxygen atoms in total. The maximum Gasteiger partial charge on any atom is 0.171 e. The highest BCUT2D eigenvalue weighted by Crippen LogP contribution is 2.13. The van der Waals surface area contributed by atoms with E-state index >= 15 is 0 Å². The minimum Gasteiger partial charge on any atom is -0.357 e. The molecule has 5 heteroatoms. The average Bonchev–Trinajstić information content (AvgIpc) is 2.71. The largest absolute Gasteiger partial charge is 0.357 e. The lowest BCUT2D eigenvalue weighted by molar-refractivity contribution is 0.731. The fraction of sp³-hybridized carbons (Fsp3) is 0.286. The second-order valence-electron chi connectivity index (χ2n) is 4.66. The van der Waals surface area contributed by atoms with Gasteiger partial charge in [-0.1, -0.05) is 6.07 Å². The first kappa shape index (κ1) is 13.5. The first-order chi connectivity index (χ1) is 9.02. The Morgan fingerprint density at radius 2 is 1.95 bits per heavy atom. The zero-order valence-corrected chi connectivity index (χ0v) is 12.2. The molecule has 0 atom stereocenters. The van der Waals surface area contributed by atoms with Gasteiger partial charge in [0.1, 0.15) is 0 Å². The summed E-state index contributed by atoms with van der Waals surface area (Å²) in [7, 11) is 1.90. The first-order valence-electron chi connectivity index (χ1n) is 6.14. The maximum atomic E-state index is 5.27. The summed E-state index contributed by atoms with van der Waals surface area (Å²) in [6, 6.07) is 8.24. The van der Waals surface area contributed by atoms with E-state index in [-0.39, 0.29) is 0 Å². The number of benzene rings is 1. The Bertz CT molecular complexity index is 569. The predicted octanol–water partition coefficient (Wildman–Crippen LogP) is 2.52. The molecule has 100 valence electrons. The molecule has 1 aromatic heterocycles. The van der Waals surface area contributed by atoms with Crippen molar-refractivity contribution in [2.45, 2.75) is 20.4 Å². The molecule has 0 spiro atoms. The van der Waals surface area contributed by atoms with Gasteiger partial charge in [-0.25, -0.2) is 0 Å². The number of hydrogen-bond acceptors (Lipinski definition) is 2. The van der Waals surface area contributed by atoms with Crippen molar-refractivity contribution in [3.8, 4) is 0 Å². The molecule has 0 bridgehead atoms. The van der Waals surface area contributed by atoms with Crippen LogP contribution in [0, 0.1) is 13.8 Å². The van der Waals surface area contributed by atoms with E-state index in [1.54, 1.807) is 4.68 Å². The van der Waals surface area contributed by atoms with Crippen molar-refractivity contribution in [2.75, 3.05) is 5.32 Å². The summed E-state index contributed by atoms with van der Waals surface area (Å²) in [5.41, 5.74) is 4.41. The van der Waals surface area contributed by atoms with Crippen molar-refractivity contribution in [2.24, 2.45) is 7.05 Å². The van der Waals surface area contributed by atoms with Crippen molar-refractivity contribution in [3.05, 3.63) is 47.3 Å². The molecule has 0 aliphatic heterocycles. The highest BCUT2D eigenvalue weighted by atomic mass is 32.1. The fourth-order valence-electron chi connectivity index (χ4n) is 1.95. The van der Waals surface area contributed by atoms with Gasteiger partial charge in [-0.2, -0.15) is 5.10 Å². The van der Waals surface area contributed by atoms with E-state index in [0.717, 1.165) is 11.4 Å². The van der Waals surface area contributed by atoms with Crippen LogP contribution in [0.1, 0.15) is 16.8 Å². The number of thiocarbonyl (C=S) groups is 1. The van der Waals surface area contributed by atoms with Crippen LogP contribution in [0.2, 0.25) is 0 Å². The molecule has 0 amide bonds. The van der Waals surface area contributed by atoms with Gasteiger partial charge in [-0.3, -0.25) is 4.68 Å². The van der Waals surface area contributed by atoms with Crippen LogP contribution < -0.4 is 10.6 Å². The van der Waals surface area contributed by atoms with Crippen molar-refractivity contribution in [1.82, 2.24) is 15.1 Å². The molecule has 1 aromatic carbocycles. The van der Waals surface area contributed by atoms with Gasteiger partial charge in [0.2, 0.25) is 0 Å². The Morgan fingerprint density at radius 3 is 2.53 bits per heavy atom. The lowest BCUT2D eigenvalue weighted by Gasteiger charge is -2.11. The summed E-state index contributed by atoms with van der Waals surface area (Å²) in [4.78, 5) is 0. The summed E-state index contributed by atoms with van der Waals surface area (Å²) in [6.07, 6.45) is 1.91. The Labute approximate surface area is 118 Å². The third-order valence-electron chi connectivity index (χ3n) is 2.68. The third-order valence-corrected chi connectivity index (χ3v) is 2.92. The van der Waals surface area contributed by atoms with E-state index in [1.807, 2.05) is 19.3 Å². The second kappa shape index (κ2) is 5.84. The van der Waals surface area contributed by atoms with Crippen LogP contribution in [0.5, 0.6) is 0 Å². The molecular weight excluding hydrogens is 256 g/mol. The average molecular weight is 274 g/mol. The molecule has 0 aliphatic rings. The van der Waals surface area contributed by atoms with Crippen molar-refractivity contribution in [3.63, 3.8) is 0 Å². The molecule has 2 aromatic rings. The van der Waals surface area contributed by atoms with E-state index in [0.29, 0.717) is 11.7 Å². The number of hydrogen-bond donors (Lipinski definition) is 2. The lowest BCUT2D eigenvalue weighted by atomic mass is 10.1. The summed E-state index contributed by atoms with van der Waals surface area (Å²) < 4.78 is 1.78. The number of anilines is 1. The quantitative estimate of drug-likeness (QED) is 0.844. The topological polar surface area (TPSA) is 41.9 Å². The minimum absolute atomic E-state index is 0.607. The third kappa shape index (κ3) is 4.06. The number of rotatable bonds is 3. The van der Waals surface area contributed by atoms with Gasteiger partial charge in [0, 0.05) is 18.9 Å². The van der Waals surface area contributed by atoms with Gasteiger partial charge in [0.15, 0.2) is 5.11 Å². The number of aromatic nitrogens is 2. The van der Waals surface area contributed by atoms with Crippen LogP contribution in [-0.2, 0) is 13.6 Å². The van der Waals surface area contributed by atoms with E-state index in [9.17, 15) is 0 Å². The Kier molecular flexibility index (Phi) is 4.16. The monoisotopic (exact) mass is 274 g/mol. The highest BCUT2D eigenvalue weighted by Gasteiger charge is 2.01. The predicted molar refractivity (Wildman–Crippen MR) is 82.2 cm³/mol. The molecule has 19 heavy (non-hydrogen) atoms. The standard InChI is InChI=1S/C14H18N4S/c1-10-6-11(2)8-13(7-10)16-14(19)15-9-12-4-5-18(3)17-12/h4-8H,9H2,1-3H3,(H2,15,16,19). The van der Waals surface area contributed by atoms with Gasteiger partial charge >= 0.3 is 0 Å². The highest BCUT2D eigenvalue weighted by molar-refractivity contribution is 7.80. The van der Waals surface area contributed by atoms with E-state index in [2.05, 4.69) is 47.8 Å². The van der Waals surface area contributed by atoms with Crippen molar-refractivity contribution in [1.29, 1.82) is 0 Å². The van der Waals surface area contributed by atoms with Crippen molar-refractivity contribution < 1.29 is 0 Å². The smallest absolute Gasteiger partial charge is 0.171 e. The molecule has 0 aliphatic carbocycles. The van der Waals surface area contributed by atoms with E-state index in [1.165, 1.54) is 11.1 Å². The summed E-state index contributed by atoms with van der Waals surface area (Å²) in [5, 5.41) is 11.2. The van der Waals surface area contributed by atoms with Crippen LogP contribution in [0.3, 0.4) is 0 Å². The van der Waals surface area contributed by atoms with Crippen LogP contribution in [0.15, 0.2) is 30.5 Å². The van der Waals surface area contributed by atoms with Crippen LogP contribution in [-0.4, -0.2) is 14.9 Å².